The summed E-state index contributed by atoms with van der Waals surface area (Å²) in [6, 6.07) is 0. The highest BCUT2D eigenvalue weighted by Crippen LogP contribution is 2.45. The van der Waals surface area contributed by atoms with E-state index in [1.165, 1.54) is 250 Å². The van der Waals surface area contributed by atoms with Crippen LogP contribution in [0.5, 0.6) is 0 Å². The Labute approximate surface area is 626 Å². The number of hydrogen-bond acceptors (Lipinski definition) is 15. The third-order valence-electron chi connectivity index (χ3n) is 19.8. The lowest BCUT2D eigenvalue weighted by molar-refractivity contribution is -0.161. The summed E-state index contributed by atoms with van der Waals surface area (Å²) in [5, 5.41) is 10.6. The van der Waals surface area contributed by atoms with Crippen LogP contribution in [-0.4, -0.2) is 96.7 Å². The van der Waals surface area contributed by atoms with Crippen molar-refractivity contribution < 1.29 is 80.2 Å². The lowest BCUT2D eigenvalue weighted by Gasteiger charge is -2.21. The smallest absolute Gasteiger partial charge is 0.462 e. The molecule has 6 atom stereocenters. The Kier molecular flexibility index (Phi) is 73.1. The fourth-order valence-electron chi connectivity index (χ4n) is 12.9. The molecule has 0 aliphatic rings. The molecule has 0 aromatic carbocycles. The highest BCUT2D eigenvalue weighted by molar-refractivity contribution is 7.47. The number of aliphatic hydroxyl groups is 1. The van der Waals surface area contributed by atoms with Crippen molar-refractivity contribution in [2.45, 2.75) is 458 Å². The highest BCUT2D eigenvalue weighted by atomic mass is 31.2. The van der Waals surface area contributed by atoms with Crippen molar-refractivity contribution in [3.8, 4) is 0 Å². The van der Waals surface area contributed by atoms with Gasteiger partial charge in [-0.3, -0.25) is 37.3 Å². The van der Waals surface area contributed by atoms with E-state index in [1.807, 2.05) is 0 Å². The number of phosphoric ester groups is 2. The van der Waals surface area contributed by atoms with Gasteiger partial charge in [0.15, 0.2) is 12.2 Å². The monoisotopic (exact) mass is 1490 g/mol. The molecule has 17 nitrogen and oxygen atoms in total. The maximum Gasteiger partial charge on any atom is 0.472 e. The highest BCUT2D eigenvalue weighted by Gasteiger charge is 2.30. The zero-order chi connectivity index (χ0) is 74.9. The standard InChI is InChI=1S/C83H162O17P2/c1-7-10-12-14-16-18-20-22-23-24-25-26-27-28-29-30-35-39-43-49-56-62-68-83(88)99-78(71-93-80(85)65-59-53-47-41-38-34-32-31-33-36-40-46-52-58-64-76(6)9-3)73-97-101(89,90)95-69-77(84)70-96-102(91,92)98-74-79(72-94-81(86)66-60-54-50-44-45-51-57-63-75(4)5)100-82(87)67-61-55-48-42-37-21-19-17-15-13-11-8-2/h75-79,84H,7-74H2,1-6H3,(H,89,90)(H,91,92)/t76?,77-,78-,79-/m1/s1. The van der Waals surface area contributed by atoms with Gasteiger partial charge in [-0.15, -0.1) is 0 Å². The quantitative estimate of drug-likeness (QED) is 0.0222. The molecule has 0 aromatic heterocycles. The molecule has 0 saturated heterocycles. The zero-order valence-corrected chi connectivity index (χ0v) is 68.7. The number of hydrogen-bond donors (Lipinski definition) is 3. The summed E-state index contributed by atoms with van der Waals surface area (Å²) in [6.45, 7) is 9.64. The molecule has 0 aromatic rings. The molecule has 19 heteroatoms. The van der Waals surface area contributed by atoms with Crippen LogP contribution in [0.4, 0.5) is 0 Å². The topological polar surface area (TPSA) is 237 Å². The Bertz CT molecular complexity index is 1960. The average Bonchev–Trinajstić information content (AvgIpc) is 0.915. The van der Waals surface area contributed by atoms with Gasteiger partial charge in [0.2, 0.25) is 0 Å². The van der Waals surface area contributed by atoms with Crippen molar-refractivity contribution >= 4 is 39.5 Å². The minimum absolute atomic E-state index is 0.107. The molecule has 0 bridgehead atoms. The van der Waals surface area contributed by atoms with Gasteiger partial charge in [-0.1, -0.05) is 388 Å². The fourth-order valence-corrected chi connectivity index (χ4v) is 14.4. The number of carbonyl (C=O) groups excluding carboxylic acids is 4. The predicted octanol–water partition coefficient (Wildman–Crippen LogP) is 25.1. The summed E-state index contributed by atoms with van der Waals surface area (Å²) < 4.78 is 68.7. The first-order chi connectivity index (χ1) is 49.4. The number of phosphoric acid groups is 2. The van der Waals surface area contributed by atoms with Crippen LogP contribution >= 0.6 is 15.6 Å². The first kappa shape index (κ1) is 100. The van der Waals surface area contributed by atoms with Crippen molar-refractivity contribution in [2.24, 2.45) is 11.8 Å². The summed E-state index contributed by atoms with van der Waals surface area (Å²) in [4.78, 5) is 73.0. The molecule has 0 fully saturated rings. The number of unbranched alkanes of at least 4 members (excludes halogenated alkanes) is 51. The van der Waals surface area contributed by atoms with E-state index in [0.29, 0.717) is 31.6 Å². The Morgan fingerprint density at radius 2 is 0.500 bits per heavy atom. The van der Waals surface area contributed by atoms with Crippen molar-refractivity contribution in [1.82, 2.24) is 0 Å². The van der Waals surface area contributed by atoms with Crippen LogP contribution < -0.4 is 0 Å². The van der Waals surface area contributed by atoms with Crippen LogP contribution in [0.2, 0.25) is 0 Å². The second-order valence-corrected chi connectivity index (χ2v) is 33.5. The van der Waals surface area contributed by atoms with Gasteiger partial charge in [-0.05, 0) is 37.5 Å². The first-order valence-corrected chi connectivity index (χ1v) is 46.0. The van der Waals surface area contributed by atoms with E-state index in [0.717, 1.165) is 102 Å². The van der Waals surface area contributed by atoms with Crippen LogP contribution in [0.1, 0.15) is 440 Å². The van der Waals surface area contributed by atoms with E-state index in [9.17, 15) is 43.2 Å². The van der Waals surface area contributed by atoms with Gasteiger partial charge in [0.05, 0.1) is 26.4 Å². The maximum atomic E-state index is 13.1. The van der Waals surface area contributed by atoms with Gasteiger partial charge in [0, 0.05) is 25.7 Å². The van der Waals surface area contributed by atoms with Crippen LogP contribution in [0.3, 0.4) is 0 Å². The lowest BCUT2D eigenvalue weighted by Crippen LogP contribution is -2.30. The minimum atomic E-state index is -4.96. The summed E-state index contributed by atoms with van der Waals surface area (Å²) >= 11 is 0. The van der Waals surface area contributed by atoms with Gasteiger partial charge in [-0.25, -0.2) is 9.13 Å². The molecular formula is C83H162O17P2. The van der Waals surface area contributed by atoms with E-state index < -0.39 is 97.5 Å². The van der Waals surface area contributed by atoms with Crippen molar-refractivity contribution in [3.05, 3.63) is 0 Å². The Hall–Kier alpha value is -1.94. The molecular weight excluding hydrogens is 1330 g/mol. The number of esters is 4. The molecule has 606 valence electrons. The van der Waals surface area contributed by atoms with Crippen LogP contribution in [-0.2, 0) is 65.4 Å². The Balaban J connectivity index is 5.20. The average molecular weight is 1490 g/mol. The van der Waals surface area contributed by atoms with E-state index in [-0.39, 0.29) is 25.7 Å². The lowest BCUT2D eigenvalue weighted by atomic mass is 9.99. The Morgan fingerprint density at radius 1 is 0.284 bits per heavy atom. The maximum absolute atomic E-state index is 13.1. The minimum Gasteiger partial charge on any atom is -0.462 e. The number of aliphatic hydroxyl groups excluding tert-OH is 1. The largest absolute Gasteiger partial charge is 0.472 e. The van der Waals surface area contributed by atoms with Crippen LogP contribution in [0.15, 0.2) is 0 Å². The number of rotatable bonds is 82. The van der Waals surface area contributed by atoms with Gasteiger partial charge in [0.1, 0.15) is 19.3 Å². The van der Waals surface area contributed by atoms with Crippen molar-refractivity contribution in [3.63, 3.8) is 0 Å². The molecule has 0 saturated carbocycles. The summed E-state index contributed by atoms with van der Waals surface area (Å²) in [7, 11) is -9.92. The van der Waals surface area contributed by atoms with E-state index in [4.69, 9.17) is 37.0 Å². The van der Waals surface area contributed by atoms with E-state index in [2.05, 4.69) is 41.5 Å². The number of carbonyl (C=O) groups is 4. The van der Waals surface area contributed by atoms with Gasteiger partial charge >= 0.3 is 39.5 Å². The first-order valence-electron chi connectivity index (χ1n) is 43.0. The van der Waals surface area contributed by atoms with Crippen LogP contribution in [0.25, 0.3) is 0 Å². The van der Waals surface area contributed by atoms with Gasteiger partial charge in [0.25, 0.3) is 0 Å². The fraction of sp³-hybridized carbons (Fsp3) is 0.952. The summed E-state index contributed by atoms with van der Waals surface area (Å²) in [5.41, 5.74) is 0. The molecule has 102 heavy (non-hydrogen) atoms. The second-order valence-electron chi connectivity index (χ2n) is 30.6. The van der Waals surface area contributed by atoms with Crippen molar-refractivity contribution in [2.75, 3.05) is 39.6 Å². The third-order valence-corrected chi connectivity index (χ3v) is 21.7. The SMILES string of the molecule is CCCCCCCCCCCCCCCCCCCCCCCCC(=O)O[C@H](COC(=O)CCCCCCCCCCCCCCCCC(C)CC)COP(=O)(O)OC[C@@H](O)COP(=O)(O)OC[C@@H](COC(=O)CCCCCCCCCC(C)C)OC(=O)CCCCCCCCCCCCCC. The molecule has 0 aliphatic heterocycles. The molecule has 0 spiro atoms. The Morgan fingerprint density at radius 3 is 0.745 bits per heavy atom. The van der Waals surface area contributed by atoms with Crippen LogP contribution in [0, 0.1) is 11.8 Å². The van der Waals surface area contributed by atoms with Gasteiger partial charge < -0.3 is 33.8 Å². The molecule has 0 heterocycles. The molecule has 0 amide bonds. The zero-order valence-electron chi connectivity index (χ0n) is 66.9. The molecule has 3 unspecified atom stereocenters. The molecule has 0 radical (unpaired) electrons. The summed E-state index contributed by atoms with van der Waals surface area (Å²) in [6.07, 6.45) is 65.4. The third kappa shape index (κ3) is 74.9. The number of ether oxygens (including phenoxy) is 4. The van der Waals surface area contributed by atoms with E-state index >= 15 is 0 Å². The normalized spacial score (nSPS) is 14.1. The van der Waals surface area contributed by atoms with Crippen molar-refractivity contribution in [1.29, 1.82) is 0 Å². The molecule has 0 aliphatic carbocycles. The summed E-state index contributed by atoms with van der Waals surface area (Å²) in [5.74, 6) is -0.553. The van der Waals surface area contributed by atoms with Gasteiger partial charge in [-0.2, -0.15) is 0 Å². The second kappa shape index (κ2) is 74.5. The predicted molar refractivity (Wildman–Crippen MR) is 418 cm³/mol. The molecule has 3 N–H and O–H groups in total. The van der Waals surface area contributed by atoms with E-state index in [1.54, 1.807) is 0 Å². The molecule has 0 rings (SSSR count).